The zero-order chi connectivity index (χ0) is 13.1. The first kappa shape index (κ1) is 12.7. The maximum absolute atomic E-state index is 9.07. The van der Waals surface area contributed by atoms with Crippen LogP contribution in [0.25, 0.3) is 0 Å². The summed E-state index contributed by atoms with van der Waals surface area (Å²) in [7, 11) is 1.88. The molecule has 0 amide bonds. The monoisotopic (exact) mass is 278 g/mol. The van der Waals surface area contributed by atoms with E-state index in [-0.39, 0.29) is 0 Å². The molecule has 0 aliphatic rings. The highest BCUT2D eigenvalue weighted by atomic mass is 35.5. The number of anilines is 2. The molecule has 2 heterocycles. The fourth-order valence-corrected chi connectivity index (χ4v) is 2.75. The predicted octanol–water partition coefficient (Wildman–Crippen LogP) is 2.89. The van der Waals surface area contributed by atoms with Gasteiger partial charge in [-0.05, 0) is 18.2 Å². The summed E-state index contributed by atoms with van der Waals surface area (Å²) in [5.74, 6) is 0.622. The van der Waals surface area contributed by atoms with Gasteiger partial charge in [0.15, 0.2) is 0 Å². The normalized spacial score (nSPS) is 10.1. The minimum absolute atomic E-state index is 0.472. The Labute approximate surface area is 114 Å². The van der Waals surface area contributed by atoms with E-state index in [1.54, 1.807) is 12.3 Å². The highest BCUT2D eigenvalue weighted by Gasteiger charge is 2.11. The van der Waals surface area contributed by atoms with Gasteiger partial charge in [-0.15, -0.1) is 11.3 Å². The van der Waals surface area contributed by atoms with Gasteiger partial charge in [0, 0.05) is 11.9 Å². The topological polar surface area (TPSA) is 65.9 Å². The molecule has 0 radical (unpaired) electrons. The van der Waals surface area contributed by atoms with Crippen molar-refractivity contribution < 1.29 is 0 Å². The van der Waals surface area contributed by atoms with Crippen molar-refractivity contribution in [2.75, 3.05) is 17.7 Å². The minimum atomic E-state index is 0.472. The molecule has 0 saturated carbocycles. The number of aromatic nitrogens is 1. The van der Waals surface area contributed by atoms with E-state index >= 15 is 0 Å². The Bertz CT molecular complexity index is 602. The molecule has 0 spiro atoms. The molecule has 2 rings (SSSR count). The quantitative estimate of drug-likeness (QED) is 0.937. The van der Waals surface area contributed by atoms with Gasteiger partial charge in [0.2, 0.25) is 0 Å². The number of rotatable bonds is 3. The Morgan fingerprint density at radius 1 is 1.56 bits per heavy atom. The number of hydrogen-bond donors (Lipinski definition) is 1. The number of nitrogens with two attached hydrogens (primary N) is 1. The van der Waals surface area contributed by atoms with Crippen LogP contribution in [-0.2, 0) is 6.54 Å². The van der Waals surface area contributed by atoms with Crippen LogP contribution in [0.1, 0.15) is 10.4 Å². The average molecular weight is 279 g/mol. The fraction of sp³-hybridized carbons (Fsp3) is 0.167. The first-order valence-electron chi connectivity index (χ1n) is 5.21. The molecule has 92 valence electrons. The van der Waals surface area contributed by atoms with E-state index in [1.165, 1.54) is 11.3 Å². The Hall–Kier alpha value is -1.77. The van der Waals surface area contributed by atoms with E-state index < -0.39 is 0 Å². The van der Waals surface area contributed by atoms with Gasteiger partial charge in [-0.3, -0.25) is 0 Å². The molecule has 2 aromatic rings. The van der Waals surface area contributed by atoms with Crippen LogP contribution >= 0.6 is 22.9 Å². The number of nitriles is 1. The molecule has 0 aromatic carbocycles. The van der Waals surface area contributed by atoms with Gasteiger partial charge in [0.1, 0.15) is 11.9 Å². The lowest BCUT2D eigenvalue weighted by molar-refractivity contribution is 0.910. The van der Waals surface area contributed by atoms with Crippen LogP contribution in [0.3, 0.4) is 0 Å². The maximum Gasteiger partial charge on any atom is 0.146 e. The first-order valence-corrected chi connectivity index (χ1v) is 6.40. The van der Waals surface area contributed by atoms with Crippen molar-refractivity contribution in [2.24, 2.45) is 0 Å². The van der Waals surface area contributed by atoms with Gasteiger partial charge in [-0.1, -0.05) is 11.6 Å². The molecule has 0 atom stereocenters. The zero-order valence-electron chi connectivity index (χ0n) is 9.72. The first-order chi connectivity index (χ1) is 8.60. The molecule has 0 aliphatic carbocycles. The average Bonchev–Trinajstić information content (AvgIpc) is 2.74. The largest absolute Gasteiger partial charge is 0.397 e. The van der Waals surface area contributed by atoms with Gasteiger partial charge in [0.25, 0.3) is 0 Å². The van der Waals surface area contributed by atoms with Crippen LogP contribution in [-0.4, -0.2) is 12.0 Å². The minimum Gasteiger partial charge on any atom is -0.397 e. The van der Waals surface area contributed by atoms with E-state index in [0.29, 0.717) is 23.6 Å². The molecule has 4 nitrogen and oxygen atoms in total. The second kappa shape index (κ2) is 5.25. The van der Waals surface area contributed by atoms with Crippen molar-refractivity contribution in [3.8, 4) is 6.07 Å². The third-order valence-electron chi connectivity index (χ3n) is 2.39. The zero-order valence-corrected chi connectivity index (χ0v) is 11.3. The Morgan fingerprint density at radius 3 is 2.94 bits per heavy atom. The van der Waals surface area contributed by atoms with Crippen LogP contribution < -0.4 is 10.6 Å². The number of pyridine rings is 1. The van der Waals surface area contributed by atoms with E-state index in [9.17, 15) is 0 Å². The standard InChI is InChI=1S/C12H11ClN4S/c1-17(7-10-2-3-11(13)18-10)12-8(5-14)4-9(15)6-16-12/h2-4,6H,7,15H2,1H3. The highest BCUT2D eigenvalue weighted by molar-refractivity contribution is 7.16. The predicted molar refractivity (Wildman–Crippen MR) is 74.8 cm³/mol. The van der Waals surface area contributed by atoms with E-state index in [0.717, 1.165) is 9.21 Å². The molecule has 0 unspecified atom stereocenters. The van der Waals surface area contributed by atoms with Crippen molar-refractivity contribution in [1.29, 1.82) is 5.26 Å². The third-order valence-corrected chi connectivity index (χ3v) is 3.61. The molecule has 6 heteroatoms. The van der Waals surface area contributed by atoms with Crippen molar-refractivity contribution in [3.05, 3.63) is 39.2 Å². The maximum atomic E-state index is 9.07. The molecule has 0 aliphatic heterocycles. The highest BCUT2D eigenvalue weighted by Crippen LogP contribution is 2.25. The van der Waals surface area contributed by atoms with Crippen molar-refractivity contribution in [3.63, 3.8) is 0 Å². The van der Waals surface area contributed by atoms with E-state index in [1.807, 2.05) is 24.1 Å². The molecule has 0 bridgehead atoms. The second-order valence-electron chi connectivity index (χ2n) is 3.81. The number of hydrogen-bond acceptors (Lipinski definition) is 5. The van der Waals surface area contributed by atoms with Crippen LogP contribution in [0, 0.1) is 11.3 Å². The van der Waals surface area contributed by atoms with E-state index in [4.69, 9.17) is 22.6 Å². The third kappa shape index (κ3) is 2.73. The molecule has 2 N–H and O–H groups in total. The lowest BCUT2D eigenvalue weighted by Crippen LogP contribution is -2.18. The Balaban J connectivity index is 2.24. The van der Waals surface area contributed by atoms with Crippen LogP contribution in [0.2, 0.25) is 4.34 Å². The van der Waals surface area contributed by atoms with Gasteiger partial charge in [0.05, 0.1) is 28.3 Å². The number of nitrogen functional groups attached to an aromatic ring is 1. The summed E-state index contributed by atoms with van der Waals surface area (Å²) < 4.78 is 0.754. The SMILES string of the molecule is CN(Cc1ccc(Cl)s1)c1ncc(N)cc1C#N. The lowest BCUT2D eigenvalue weighted by atomic mass is 10.2. The number of halogens is 1. The summed E-state index contributed by atoms with van der Waals surface area (Å²) in [6.45, 7) is 0.656. The molecular weight excluding hydrogens is 268 g/mol. The molecular formula is C12H11ClN4S. The van der Waals surface area contributed by atoms with Crippen LogP contribution in [0.15, 0.2) is 24.4 Å². The van der Waals surface area contributed by atoms with Gasteiger partial charge in [-0.2, -0.15) is 5.26 Å². The van der Waals surface area contributed by atoms with Crippen molar-refractivity contribution in [1.82, 2.24) is 4.98 Å². The van der Waals surface area contributed by atoms with E-state index in [2.05, 4.69) is 11.1 Å². The summed E-state index contributed by atoms with van der Waals surface area (Å²) in [6, 6.07) is 7.55. The summed E-state index contributed by atoms with van der Waals surface area (Å²) >= 11 is 7.40. The van der Waals surface area contributed by atoms with Crippen molar-refractivity contribution >= 4 is 34.4 Å². The fourth-order valence-electron chi connectivity index (χ4n) is 1.61. The Morgan fingerprint density at radius 2 is 2.33 bits per heavy atom. The van der Waals surface area contributed by atoms with Crippen LogP contribution in [0.5, 0.6) is 0 Å². The number of nitrogens with zero attached hydrogens (tertiary/aromatic N) is 3. The van der Waals surface area contributed by atoms with Gasteiger partial charge < -0.3 is 10.6 Å². The van der Waals surface area contributed by atoms with Gasteiger partial charge in [-0.25, -0.2) is 4.98 Å². The van der Waals surface area contributed by atoms with Crippen LogP contribution in [0.4, 0.5) is 11.5 Å². The Kier molecular flexibility index (Phi) is 3.70. The van der Waals surface area contributed by atoms with Crippen molar-refractivity contribution in [2.45, 2.75) is 6.54 Å². The number of thiophene rings is 1. The lowest BCUT2D eigenvalue weighted by Gasteiger charge is -2.18. The summed E-state index contributed by atoms with van der Waals surface area (Å²) in [6.07, 6.45) is 1.55. The molecule has 2 aromatic heterocycles. The second-order valence-corrected chi connectivity index (χ2v) is 5.61. The summed E-state index contributed by atoms with van der Waals surface area (Å²) in [5.41, 5.74) is 6.57. The summed E-state index contributed by atoms with van der Waals surface area (Å²) in [5, 5.41) is 9.07. The smallest absolute Gasteiger partial charge is 0.146 e. The molecule has 0 saturated heterocycles. The molecule has 18 heavy (non-hydrogen) atoms. The molecule has 0 fully saturated rings. The summed E-state index contributed by atoms with van der Waals surface area (Å²) in [4.78, 5) is 7.22. The van der Waals surface area contributed by atoms with Gasteiger partial charge >= 0.3 is 0 Å².